The Labute approximate surface area is 139 Å². The molecule has 0 aromatic rings. The van der Waals surface area contributed by atoms with Crippen LogP contribution < -0.4 is 26.8 Å². The van der Waals surface area contributed by atoms with Crippen molar-refractivity contribution in [2.45, 2.75) is 51.9 Å². The summed E-state index contributed by atoms with van der Waals surface area (Å²) in [5, 5.41) is 10.0. The highest BCUT2D eigenvalue weighted by Crippen LogP contribution is 2.21. The molecule has 2 unspecified atom stereocenters. The SMILES string of the molecule is CNC(C1=C2N=CC(=NCCC(C)(C)NC)NC2NN1)C(C)C. The standard InChI is InChI=1S/C16H31N7/c1-10(2)12(17-5)13-14-15(23-22-13)21-11(9-20-14)19-8-7-16(3,4)18-6/h9-10,12,15,17-18,22-23H,7-8H2,1-6H3,(H,19,21). The molecule has 2 heterocycles. The largest absolute Gasteiger partial charge is 0.347 e. The lowest BCUT2D eigenvalue weighted by molar-refractivity contribution is 0.399. The van der Waals surface area contributed by atoms with Crippen LogP contribution in [0.5, 0.6) is 0 Å². The Morgan fingerprint density at radius 3 is 2.70 bits per heavy atom. The number of hydrogen-bond donors (Lipinski definition) is 5. The Morgan fingerprint density at radius 1 is 1.35 bits per heavy atom. The molecule has 23 heavy (non-hydrogen) atoms. The van der Waals surface area contributed by atoms with Gasteiger partial charge < -0.3 is 21.4 Å². The van der Waals surface area contributed by atoms with Gasteiger partial charge in [-0.25, -0.2) is 5.43 Å². The second kappa shape index (κ2) is 7.42. The summed E-state index contributed by atoms with van der Waals surface area (Å²) in [5.74, 6) is 1.30. The van der Waals surface area contributed by atoms with Crippen molar-refractivity contribution in [3.05, 3.63) is 11.4 Å². The fraction of sp³-hybridized carbons (Fsp3) is 0.750. The van der Waals surface area contributed by atoms with Gasteiger partial charge in [-0.2, -0.15) is 0 Å². The predicted octanol–water partition coefficient (Wildman–Crippen LogP) is 0.337. The second-order valence-corrected chi connectivity index (χ2v) is 7.07. The van der Waals surface area contributed by atoms with Crippen molar-refractivity contribution in [2.75, 3.05) is 20.6 Å². The summed E-state index contributed by atoms with van der Waals surface area (Å²) in [6, 6.07) is 0.247. The highest BCUT2D eigenvalue weighted by Gasteiger charge is 2.32. The number of nitrogens with one attached hydrogen (secondary N) is 5. The molecule has 0 bridgehead atoms. The third-order valence-corrected chi connectivity index (χ3v) is 4.50. The normalized spacial score (nSPS) is 24.0. The first-order valence-electron chi connectivity index (χ1n) is 8.35. The van der Waals surface area contributed by atoms with E-state index in [-0.39, 0.29) is 17.7 Å². The number of rotatable bonds is 7. The molecule has 2 rings (SSSR count). The minimum Gasteiger partial charge on any atom is -0.347 e. The highest BCUT2D eigenvalue weighted by molar-refractivity contribution is 6.30. The van der Waals surface area contributed by atoms with E-state index in [2.05, 4.69) is 64.5 Å². The van der Waals surface area contributed by atoms with E-state index in [0.717, 1.165) is 30.2 Å². The Kier molecular flexibility index (Phi) is 5.78. The molecule has 2 atom stereocenters. The van der Waals surface area contributed by atoms with E-state index >= 15 is 0 Å². The van der Waals surface area contributed by atoms with E-state index in [0.29, 0.717) is 5.92 Å². The monoisotopic (exact) mass is 321 g/mol. The van der Waals surface area contributed by atoms with Gasteiger partial charge in [0.15, 0.2) is 0 Å². The number of amidine groups is 1. The number of fused-ring (bicyclic) bond motifs is 1. The van der Waals surface area contributed by atoms with Gasteiger partial charge in [-0.3, -0.25) is 9.98 Å². The van der Waals surface area contributed by atoms with Crippen LogP contribution in [-0.2, 0) is 0 Å². The minimum atomic E-state index is -0.0272. The zero-order valence-corrected chi connectivity index (χ0v) is 15.1. The van der Waals surface area contributed by atoms with Crippen molar-refractivity contribution in [3.8, 4) is 0 Å². The van der Waals surface area contributed by atoms with Crippen molar-refractivity contribution in [3.63, 3.8) is 0 Å². The molecule has 2 aliphatic heterocycles. The van der Waals surface area contributed by atoms with Gasteiger partial charge in [0, 0.05) is 12.1 Å². The topological polar surface area (TPSA) is 84.9 Å². The lowest BCUT2D eigenvalue weighted by Gasteiger charge is -2.24. The zero-order chi connectivity index (χ0) is 17.0. The number of likely N-dealkylation sites (N-methyl/N-ethyl adjacent to an activating group) is 1. The van der Waals surface area contributed by atoms with Crippen LogP contribution in [-0.4, -0.2) is 50.4 Å². The van der Waals surface area contributed by atoms with Crippen LogP contribution >= 0.6 is 0 Å². The summed E-state index contributed by atoms with van der Waals surface area (Å²) >= 11 is 0. The predicted molar refractivity (Wildman–Crippen MR) is 96.5 cm³/mol. The lowest BCUT2D eigenvalue weighted by Crippen LogP contribution is -2.49. The van der Waals surface area contributed by atoms with Crippen LogP contribution in [0.1, 0.15) is 34.1 Å². The first-order chi connectivity index (χ1) is 10.9. The zero-order valence-electron chi connectivity index (χ0n) is 15.1. The van der Waals surface area contributed by atoms with Crippen molar-refractivity contribution < 1.29 is 0 Å². The van der Waals surface area contributed by atoms with Crippen LogP contribution in [0.3, 0.4) is 0 Å². The van der Waals surface area contributed by atoms with Crippen LogP contribution in [0, 0.1) is 5.92 Å². The molecule has 0 aromatic heterocycles. The van der Waals surface area contributed by atoms with Gasteiger partial charge in [-0.05, 0) is 40.3 Å². The third kappa shape index (κ3) is 4.31. The summed E-state index contributed by atoms with van der Waals surface area (Å²) in [5.41, 5.74) is 8.72. The van der Waals surface area contributed by atoms with Gasteiger partial charge >= 0.3 is 0 Å². The Bertz CT molecular complexity index is 505. The highest BCUT2D eigenvalue weighted by atomic mass is 15.5. The fourth-order valence-electron chi connectivity index (χ4n) is 2.72. The van der Waals surface area contributed by atoms with E-state index in [1.807, 2.05) is 20.3 Å². The Hall–Kier alpha value is -1.44. The van der Waals surface area contributed by atoms with Crippen LogP contribution in [0.15, 0.2) is 21.4 Å². The summed E-state index contributed by atoms with van der Waals surface area (Å²) < 4.78 is 0. The van der Waals surface area contributed by atoms with Gasteiger partial charge in [0.25, 0.3) is 0 Å². The molecule has 130 valence electrons. The van der Waals surface area contributed by atoms with Gasteiger partial charge in [0.1, 0.15) is 17.7 Å². The average Bonchev–Trinajstić information content (AvgIpc) is 2.91. The molecule has 7 nitrogen and oxygen atoms in total. The quantitative estimate of drug-likeness (QED) is 0.467. The summed E-state index contributed by atoms with van der Waals surface area (Å²) in [4.78, 5) is 9.23. The maximum atomic E-state index is 4.62. The second-order valence-electron chi connectivity index (χ2n) is 7.07. The van der Waals surface area contributed by atoms with Crippen molar-refractivity contribution >= 4 is 12.1 Å². The van der Waals surface area contributed by atoms with Crippen LogP contribution in [0.2, 0.25) is 0 Å². The first-order valence-corrected chi connectivity index (χ1v) is 8.35. The molecular weight excluding hydrogens is 290 g/mol. The summed E-state index contributed by atoms with van der Waals surface area (Å²) in [7, 11) is 3.96. The lowest BCUT2D eigenvalue weighted by atomic mass is 10.00. The van der Waals surface area contributed by atoms with Crippen molar-refractivity contribution in [1.29, 1.82) is 0 Å². The molecule has 0 saturated heterocycles. The maximum Gasteiger partial charge on any atom is 0.141 e. The summed E-state index contributed by atoms with van der Waals surface area (Å²) in [6.45, 7) is 9.50. The molecule has 0 radical (unpaired) electrons. The van der Waals surface area contributed by atoms with Crippen LogP contribution in [0.4, 0.5) is 0 Å². The van der Waals surface area contributed by atoms with E-state index in [1.165, 1.54) is 0 Å². The summed E-state index contributed by atoms with van der Waals surface area (Å²) in [6.07, 6.45) is 2.77. The van der Waals surface area contributed by atoms with Gasteiger partial charge in [-0.15, -0.1) is 0 Å². The molecule has 5 N–H and O–H groups in total. The third-order valence-electron chi connectivity index (χ3n) is 4.50. The van der Waals surface area contributed by atoms with Crippen LogP contribution in [0.25, 0.3) is 0 Å². The number of aliphatic imine (C=N–C) groups is 2. The van der Waals surface area contributed by atoms with Crippen molar-refractivity contribution in [2.24, 2.45) is 15.9 Å². The van der Waals surface area contributed by atoms with Gasteiger partial charge in [0.2, 0.25) is 0 Å². The molecule has 0 saturated carbocycles. The Balaban J connectivity index is 2.06. The minimum absolute atomic E-state index is 0.0272. The molecule has 0 amide bonds. The first kappa shape index (κ1) is 17.9. The van der Waals surface area contributed by atoms with Crippen molar-refractivity contribution in [1.82, 2.24) is 26.8 Å². The smallest absolute Gasteiger partial charge is 0.141 e. The number of nitrogens with zero attached hydrogens (tertiary/aromatic N) is 2. The van der Waals surface area contributed by atoms with E-state index in [4.69, 9.17) is 0 Å². The molecule has 7 heteroatoms. The molecule has 0 aliphatic carbocycles. The van der Waals surface area contributed by atoms with Gasteiger partial charge in [-0.1, -0.05) is 13.8 Å². The molecular formula is C16H31N7. The average molecular weight is 321 g/mol. The molecule has 0 aromatic carbocycles. The maximum absolute atomic E-state index is 4.62. The van der Waals surface area contributed by atoms with Gasteiger partial charge in [0.05, 0.1) is 18.0 Å². The Morgan fingerprint density at radius 2 is 2.09 bits per heavy atom. The molecule has 2 aliphatic rings. The number of hydrazine groups is 1. The van der Waals surface area contributed by atoms with E-state index in [1.54, 1.807) is 0 Å². The molecule has 0 fully saturated rings. The number of hydrogen-bond acceptors (Lipinski definition) is 6. The van der Waals surface area contributed by atoms with E-state index < -0.39 is 0 Å². The van der Waals surface area contributed by atoms with E-state index in [9.17, 15) is 0 Å². The molecule has 0 spiro atoms. The fourth-order valence-corrected chi connectivity index (χ4v) is 2.72.